The molecule has 1 aromatic carbocycles. The summed E-state index contributed by atoms with van der Waals surface area (Å²) in [6, 6.07) is 9.32. The fourth-order valence-electron chi connectivity index (χ4n) is 2.93. The molecule has 7 nitrogen and oxygen atoms in total. The van der Waals surface area contributed by atoms with Gasteiger partial charge in [0.15, 0.2) is 0 Å². The van der Waals surface area contributed by atoms with Gasteiger partial charge in [0.1, 0.15) is 11.6 Å². The molecule has 0 atom stereocenters. The van der Waals surface area contributed by atoms with Crippen molar-refractivity contribution in [2.24, 2.45) is 0 Å². The topological polar surface area (TPSA) is 66.9 Å². The molecule has 7 heteroatoms. The number of nitrogens with zero attached hydrogens (tertiary/aromatic N) is 3. The van der Waals surface area contributed by atoms with Crippen molar-refractivity contribution in [3.63, 3.8) is 0 Å². The minimum absolute atomic E-state index is 0.223. The lowest BCUT2D eigenvalue weighted by Gasteiger charge is -2.29. The molecule has 0 unspecified atom stereocenters. The van der Waals surface area contributed by atoms with Crippen molar-refractivity contribution in [1.29, 1.82) is 0 Å². The van der Waals surface area contributed by atoms with E-state index in [1.165, 1.54) is 0 Å². The zero-order valence-corrected chi connectivity index (χ0v) is 15.4. The fraction of sp³-hybridized carbons (Fsp3) is 0.368. The average molecular weight is 356 g/mol. The van der Waals surface area contributed by atoms with E-state index < -0.39 is 0 Å². The Labute approximate surface area is 153 Å². The van der Waals surface area contributed by atoms with Crippen molar-refractivity contribution in [1.82, 2.24) is 4.98 Å². The third-order valence-corrected chi connectivity index (χ3v) is 4.26. The summed E-state index contributed by atoms with van der Waals surface area (Å²) in [5.74, 6) is 1.01. The van der Waals surface area contributed by atoms with Crippen LogP contribution in [0.15, 0.2) is 36.5 Å². The van der Waals surface area contributed by atoms with Gasteiger partial charge in [-0.2, -0.15) is 0 Å². The Morgan fingerprint density at radius 1 is 1.27 bits per heavy atom. The second-order valence-electron chi connectivity index (χ2n) is 6.21. The summed E-state index contributed by atoms with van der Waals surface area (Å²) in [4.78, 5) is 21.2. The first-order chi connectivity index (χ1) is 12.6. The summed E-state index contributed by atoms with van der Waals surface area (Å²) < 4.78 is 10.8. The first kappa shape index (κ1) is 18.0. The zero-order chi connectivity index (χ0) is 18.5. The van der Waals surface area contributed by atoms with Crippen LogP contribution in [0.4, 0.5) is 17.2 Å². The number of amides is 1. The van der Waals surface area contributed by atoms with Crippen LogP contribution < -0.4 is 19.9 Å². The Morgan fingerprint density at radius 3 is 2.73 bits per heavy atom. The standard InChI is InChI=1S/C19H24N4O3/c1-22(2)18-15(5-4-8-20-18)19(24)21-16-13-14(6-7-17(16)25-3)23-9-11-26-12-10-23/h4-8,13H,9-12H2,1-3H3,(H,21,24). The Bertz CT molecular complexity index is 773. The van der Waals surface area contributed by atoms with Gasteiger partial charge in [-0.25, -0.2) is 4.98 Å². The van der Waals surface area contributed by atoms with Gasteiger partial charge < -0.3 is 24.6 Å². The Hall–Kier alpha value is -2.80. The number of benzene rings is 1. The molecule has 0 saturated carbocycles. The van der Waals surface area contributed by atoms with Crippen LogP contribution in [0.1, 0.15) is 10.4 Å². The quantitative estimate of drug-likeness (QED) is 0.886. The number of morpholine rings is 1. The van der Waals surface area contributed by atoms with Gasteiger partial charge in [-0.3, -0.25) is 4.79 Å². The minimum Gasteiger partial charge on any atom is -0.495 e. The Balaban J connectivity index is 1.87. The van der Waals surface area contributed by atoms with Crippen molar-refractivity contribution in [2.45, 2.75) is 0 Å². The van der Waals surface area contributed by atoms with Crippen LogP contribution in [-0.2, 0) is 4.74 Å². The smallest absolute Gasteiger partial charge is 0.259 e. The summed E-state index contributed by atoms with van der Waals surface area (Å²) >= 11 is 0. The predicted molar refractivity (Wildman–Crippen MR) is 103 cm³/mol. The second kappa shape index (κ2) is 8.05. The maximum atomic E-state index is 12.8. The highest BCUT2D eigenvalue weighted by atomic mass is 16.5. The van der Waals surface area contributed by atoms with Crippen LogP contribution in [0.5, 0.6) is 5.75 Å². The normalized spacial score (nSPS) is 14.0. The van der Waals surface area contributed by atoms with E-state index in [1.54, 1.807) is 25.4 Å². The summed E-state index contributed by atoms with van der Waals surface area (Å²) in [7, 11) is 5.31. The number of ether oxygens (including phenoxy) is 2. The molecule has 1 fully saturated rings. The molecule has 1 N–H and O–H groups in total. The third-order valence-electron chi connectivity index (χ3n) is 4.26. The number of pyridine rings is 1. The van der Waals surface area contributed by atoms with Gasteiger partial charge >= 0.3 is 0 Å². The van der Waals surface area contributed by atoms with Gasteiger partial charge in [-0.15, -0.1) is 0 Å². The number of aromatic nitrogens is 1. The molecule has 138 valence electrons. The second-order valence-corrected chi connectivity index (χ2v) is 6.21. The number of rotatable bonds is 5. The summed E-state index contributed by atoms with van der Waals surface area (Å²) in [6.07, 6.45) is 1.67. The van der Waals surface area contributed by atoms with Crippen molar-refractivity contribution < 1.29 is 14.3 Å². The van der Waals surface area contributed by atoms with Gasteiger partial charge in [0.2, 0.25) is 0 Å². The van der Waals surface area contributed by atoms with Gasteiger partial charge in [0.25, 0.3) is 5.91 Å². The lowest BCUT2D eigenvalue weighted by Crippen LogP contribution is -2.36. The SMILES string of the molecule is COc1ccc(N2CCOCC2)cc1NC(=O)c1cccnc1N(C)C. The van der Waals surface area contributed by atoms with E-state index in [2.05, 4.69) is 15.2 Å². The van der Waals surface area contributed by atoms with Gasteiger partial charge in [0.05, 0.1) is 31.6 Å². The summed E-state index contributed by atoms with van der Waals surface area (Å²) in [6.45, 7) is 3.06. The molecule has 1 aromatic heterocycles. The number of carbonyl (C=O) groups is 1. The number of nitrogens with one attached hydrogen (secondary N) is 1. The molecule has 0 bridgehead atoms. The van der Waals surface area contributed by atoms with Crippen LogP contribution in [0.2, 0.25) is 0 Å². The number of methoxy groups -OCH3 is 1. The number of carbonyl (C=O) groups excluding carboxylic acids is 1. The van der Waals surface area contributed by atoms with Crippen LogP contribution >= 0.6 is 0 Å². The first-order valence-corrected chi connectivity index (χ1v) is 8.54. The molecule has 0 spiro atoms. The highest BCUT2D eigenvalue weighted by Crippen LogP contribution is 2.31. The molecule has 3 rings (SSSR count). The Kier molecular flexibility index (Phi) is 5.58. The molecule has 1 aliphatic rings. The van der Waals surface area contributed by atoms with E-state index in [4.69, 9.17) is 9.47 Å². The van der Waals surface area contributed by atoms with Crippen LogP contribution in [-0.4, -0.2) is 58.4 Å². The molecular formula is C19H24N4O3. The van der Waals surface area contributed by atoms with Gasteiger partial charge in [0, 0.05) is 39.1 Å². The largest absolute Gasteiger partial charge is 0.495 e. The highest BCUT2D eigenvalue weighted by Gasteiger charge is 2.18. The molecule has 0 aliphatic carbocycles. The molecule has 1 saturated heterocycles. The lowest BCUT2D eigenvalue weighted by atomic mass is 10.2. The van der Waals surface area contributed by atoms with E-state index in [9.17, 15) is 4.79 Å². The van der Waals surface area contributed by atoms with E-state index in [-0.39, 0.29) is 5.91 Å². The molecular weight excluding hydrogens is 332 g/mol. The van der Waals surface area contributed by atoms with E-state index in [0.29, 0.717) is 36.0 Å². The molecule has 0 radical (unpaired) electrons. The lowest BCUT2D eigenvalue weighted by molar-refractivity contribution is 0.102. The summed E-state index contributed by atoms with van der Waals surface area (Å²) in [5.41, 5.74) is 2.18. The number of hydrogen-bond donors (Lipinski definition) is 1. The highest BCUT2D eigenvalue weighted by molar-refractivity contribution is 6.08. The van der Waals surface area contributed by atoms with E-state index in [0.717, 1.165) is 18.8 Å². The Morgan fingerprint density at radius 2 is 2.04 bits per heavy atom. The fourth-order valence-corrected chi connectivity index (χ4v) is 2.93. The molecule has 2 aromatic rings. The van der Waals surface area contributed by atoms with Gasteiger partial charge in [-0.1, -0.05) is 0 Å². The van der Waals surface area contributed by atoms with Crippen LogP contribution in [0.3, 0.4) is 0 Å². The van der Waals surface area contributed by atoms with Crippen molar-refractivity contribution in [3.05, 3.63) is 42.1 Å². The first-order valence-electron chi connectivity index (χ1n) is 8.54. The maximum absolute atomic E-state index is 12.8. The van der Waals surface area contributed by atoms with Crippen molar-refractivity contribution in [3.8, 4) is 5.75 Å². The predicted octanol–water partition coefficient (Wildman–Crippen LogP) is 2.25. The van der Waals surface area contributed by atoms with Crippen molar-refractivity contribution in [2.75, 3.05) is 62.6 Å². The molecule has 1 aliphatic heterocycles. The van der Waals surface area contributed by atoms with Gasteiger partial charge in [-0.05, 0) is 30.3 Å². The zero-order valence-electron chi connectivity index (χ0n) is 15.4. The number of anilines is 3. The van der Waals surface area contributed by atoms with E-state index >= 15 is 0 Å². The molecule has 2 heterocycles. The van der Waals surface area contributed by atoms with Crippen molar-refractivity contribution >= 4 is 23.1 Å². The third kappa shape index (κ3) is 3.88. The number of hydrogen-bond acceptors (Lipinski definition) is 6. The minimum atomic E-state index is -0.223. The van der Waals surface area contributed by atoms with Crippen LogP contribution in [0.25, 0.3) is 0 Å². The molecule has 26 heavy (non-hydrogen) atoms. The summed E-state index contributed by atoms with van der Waals surface area (Å²) in [5, 5.41) is 2.96. The van der Waals surface area contributed by atoms with Crippen LogP contribution in [0, 0.1) is 0 Å². The average Bonchev–Trinajstić information content (AvgIpc) is 2.68. The maximum Gasteiger partial charge on any atom is 0.259 e. The molecule has 1 amide bonds. The van der Waals surface area contributed by atoms with E-state index in [1.807, 2.05) is 37.2 Å². The monoisotopic (exact) mass is 356 g/mol.